The lowest BCUT2D eigenvalue weighted by Crippen LogP contribution is -2.33. The molecule has 1 nitrogen and oxygen atoms in total. The van der Waals surface area contributed by atoms with Crippen LogP contribution in [0.15, 0.2) is 30.4 Å². The predicted molar refractivity (Wildman–Crippen MR) is 93.4 cm³/mol. The molecule has 1 aromatic rings. The van der Waals surface area contributed by atoms with E-state index in [1.165, 1.54) is 32.1 Å². The van der Waals surface area contributed by atoms with Crippen molar-refractivity contribution in [1.82, 2.24) is 0 Å². The number of halogens is 2. The Labute approximate surface area is 143 Å². The molecule has 0 amide bonds. The van der Waals surface area contributed by atoms with Crippen LogP contribution in [0.4, 0.5) is 4.39 Å². The molecule has 0 spiro atoms. The van der Waals surface area contributed by atoms with Crippen molar-refractivity contribution in [1.29, 1.82) is 0 Å². The van der Waals surface area contributed by atoms with E-state index < -0.39 is 0 Å². The molecule has 2 saturated carbocycles. The minimum absolute atomic E-state index is 0.223. The van der Waals surface area contributed by atoms with Gasteiger partial charge < -0.3 is 4.74 Å². The molecule has 23 heavy (non-hydrogen) atoms. The molecule has 1 aromatic carbocycles. The van der Waals surface area contributed by atoms with Gasteiger partial charge in [-0.05, 0) is 80.9 Å². The van der Waals surface area contributed by atoms with Crippen LogP contribution in [0.2, 0.25) is 5.02 Å². The van der Waals surface area contributed by atoms with Crippen molar-refractivity contribution in [2.24, 2.45) is 11.8 Å². The van der Waals surface area contributed by atoms with Crippen molar-refractivity contribution in [3.63, 3.8) is 0 Å². The van der Waals surface area contributed by atoms with Crippen LogP contribution in [0.3, 0.4) is 0 Å². The molecule has 2 fully saturated rings. The normalized spacial score (nSPS) is 31.3. The molecule has 3 heteroatoms. The zero-order valence-corrected chi connectivity index (χ0v) is 14.6. The van der Waals surface area contributed by atoms with Gasteiger partial charge in [-0.25, -0.2) is 4.39 Å². The fraction of sp³-hybridized carbons (Fsp3) is 0.600. The first kappa shape index (κ1) is 17.0. The van der Waals surface area contributed by atoms with Crippen LogP contribution in [0.25, 0.3) is 0 Å². The average molecular weight is 337 g/mol. The molecule has 2 aliphatic carbocycles. The van der Waals surface area contributed by atoms with Gasteiger partial charge in [0.15, 0.2) is 0 Å². The molecule has 2 aliphatic rings. The van der Waals surface area contributed by atoms with Crippen LogP contribution < -0.4 is 0 Å². The van der Waals surface area contributed by atoms with Crippen LogP contribution >= 0.6 is 11.6 Å². The first-order chi connectivity index (χ1) is 11.2. The van der Waals surface area contributed by atoms with E-state index in [9.17, 15) is 4.39 Å². The molecular weight excluding hydrogens is 311 g/mol. The topological polar surface area (TPSA) is 9.23 Å². The summed E-state index contributed by atoms with van der Waals surface area (Å²) in [5.41, 5.74) is 1.12. The fourth-order valence-electron chi connectivity index (χ4n) is 4.35. The van der Waals surface area contributed by atoms with Gasteiger partial charge in [0.1, 0.15) is 5.82 Å². The van der Waals surface area contributed by atoms with E-state index in [4.69, 9.17) is 16.3 Å². The molecule has 0 radical (unpaired) electrons. The van der Waals surface area contributed by atoms with Crippen molar-refractivity contribution in [3.8, 4) is 0 Å². The number of fused-ring (bicyclic) bond motifs is 1. The van der Waals surface area contributed by atoms with Crippen LogP contribution in [0.1, 0.15) is 56.9 Å². The van der Waals surface area contributed by atoms with E-state index in [-0.39, 0.29) is 10.8 Å². The molecule has 0 heterocycles. The predicted octanol–water partition coefficient (Wildman–Crippen LogP) is 6.12. The van der Waals surface area contributed by atoms with E-state index in [0.717, 1.165) is 30.4 Å². The quantitative estimate of drug-likeness (QED) is 0.601. The van der Waals surface area contributed by atoms with Gasteiger partial charge in [-0.3, -0.25) is 0 Å². The van der Waals surface area contributed by atoms with E-state index >= 15 is 0 Å². The van der Waals surface area contributed by atoms with Crippen molar-refractivity contribution >= 4 is 11.6 Å². The second-order valence-electron chi connectivity index (χ2n) is 7.04. The maximum atomic E-state index is 13.7. The summed E-state index contributed by atoms with van der Waals surface area (Å²) in [7, 11) is 0. The Morgan fingerprint density at radius 2 is 1.96 bits per heavy atom. The molecule has 4 unspecified atom stereocenters. The SMILES string of the molecule is C/C=C/COC1CCC2CC(c3ccc(Cl)c(F)c3)CCC2C1. The van der Waals surface area contributed by atoms with Crippen LogP contribution in [0, 0.1) is 17.7 Å². The highest BCUT2D eigenvalue weighted by Gasteiger charge is 2.36. The molecule has 3 rings (SSSR count). The third kappa shape index (κ3) is 4.16. The van der Waals surface area contributed by atoms with Crippen LogP contribution in [-0.4, -0.2) is 12.7 Å². The third-order valence-corrected chi connectivity index (χ3v) is 5.95. The van der Waals surface area contributed by atoms with E-state index in [2.05, 4.69) is 6.08 Å². The number of benzene rings is 1. The zero-order valence-electron chi connectivity index (χ0n) is 13.8. The highest BCUT2D eigenvalue weighted by Crippen LogP contribution is 2.46. The summed E-state index contributed by atoms with van der Waals surface area (Å²) in [5, 5.41) is 0.223. The summed E-state index contributed by atoms with van der Waals surface area (Å²) in [6.45, 7) is 2.77. The molecule has 0 aromatic heterocycles. The molecule has 0 saturated heterocycles. The summed E-state index contributed by atoms with van der Waals surface area (Å²) in [4.78, 5) is 0. The maximum absolute atomic E-state index is 13.7. The van der Waals surface area contributed by atoms with Crippen molar-refractivity contribution in [2.45, 2.75) is 57.5 Å². The summed E-state index contributed by atoms with van der Waals surface area (Å²) in [6, 6.07) is 5.34. The first-order valence-corrected chi connectivity index (χ1v) is 9.23. The maximum Gasteiger partial charge on any atom is 0.142 e. The second-order valence-corrected chi connectivity index (χ2v) is 7.45. The molecular formula is C20H26ClFO. The smallest absolute Gasteiger partial charge is 0.142 e. The van der Waals surface area contributed by atoms with Gasteiger partial charge in [0.2, 0.25) is 0 Å². The summed E-state index contributed by atoms with van der Waals surface area (Å²) in [5.74, 6) is 1.76. The monoisotopic (exact) mass is 336 g/mol. The zero-order chi connectivity index (χ0) is 16.2. The lowest BCUT2D eigenvalue weighted by Gasteiger charge is -2.42. The van der Waals surface area contributed by atoms with Gasteiger partial charge in [-0.15, -0.1) is 0 Å². The molecule has 0 N–H and O–H groups in total. The first-order valence-electron chi connectivity index (χ1n) is 8.85. The van der Waals surface area contributed by atoms with Crippen LogP contribution in [0.5, 0.6) is 0 Å². The third-order valence-electron chi connectivity index (χ3n) is 5.64. The Hall–Kier alpha value is -0.860. The molecule has 4 atom stereocenters. The van der Waals surface area contributed by atoms with Gasteiger partial charge in [-0.1, -0.05) is 29.8 Å². The Balaban J connectivity index is 1.57. The molecule has 0 aliphatic heterocycles. The highest BCUT2D eigenvalue weighted by molar-refractivity contribution is 6.30. The minimum Gasteiger partial charge on any atom is -0.374 e. The summed E-state index contributed by atoms with van der Waals surface area (Å²) in [6.07, 6.45) is 11.7. The van der Waals surface area contributed by atoms with Crippen molar-refractivity contribution in [2.75, 3.05) is 6.61 Å². The number of rotatable bonds is 4. The Kier molecular flexibility index (Phi) is 5.76. The van der Waals surface area contributed by atoms with Gasteiger partial charge in [0.25, 0.3) is 0 Å². The highest BCUT2D eigenvalue weighted by atomic mass is 35.5. The van der Waals surface area contributed by atoms with Gasteiger partial charge in [0, 0.05) is 0 Å². The average Bonchev–Trinajstić information content (AvgIpc) is 2.57. The Morgan fingerprint density at radius 1 is 1.17 bits per heavy atom. The van der Waals surface area contributed by atoms with Gasteiger partial charge in [0.05, 0.1) is 17.7 Å². The molecule has 0 bridgehead atoms. The Morgan fingerprint density at radius 3 is 2.74 bits per heavy atom. The largest absolute Gasteiger partial charge is 0.374 e. The van der Waals surface area contributed by atoms with Crippen LogP contribution in [-0.2, 0) is 4.74 Å². The van der Waals surface area contributed by atoms with Gasteiger partial charge >= 0.3 is 0 Å². The van der Waals surface area contributed by atoms with Crippen molar-refractivity contribution < 1.29 is 9.13 Å². The Bertz CT molecular complexity index is 557. The summed E-state index contributed by atoms with van der Waals surface area (Å²) >= 11 is 5.80. The van der Waals surface area contributed by atoms with E-state index in [1.54, 1.807) is 12.1 Å². The standard InChI is InChI=1S/C20H26ClFO/c1-2-3-10-23-18-8-6-15-11-14(4-5-16(15)12-18)17-7-9-19(21)20(22)13-17/h2-3,7,9,13-16,18H,4-6,8,10-12H2,1H3/b3-2+. The number of hydrogen-bond acceptors (Lipinski definition) is 1. The van der Waals surface area contributed by atoms with Gasteiger partial charge in [-0.2, -0.15) is 0 Å². The molecule has 126 valence electrons. The number of hydrogen-bond donors (Lipinski definition) is 0. The number of ether oxygens (including phenoxy) is 1. The van der Waals surface area contributed by atoms with E-state index in [0.29, 0.717) is 12.0 Å². The van der Waals surface area contributed by atoms with Crippen molar-refractivity contribution in [3.05, 3.63) is 46.8 Å². The lowest BCUT2D eigenvalue weighted by molar-refractivity contribution is -0.00320. The minimum atomic E-state index is -0.285. The number of allylic oxidation sites excluding steroid dienone is 1. The van der Waals surface area contributed by atoms with E-state index in [1.807, 2.05) is 19.1 Å². The summed E-state index contributed by atoms with van der Waals surface area (Å²) < 4.78 is 19.7. The lowest BCUT2D eigenvalue weighted by atomic mass is 9.65. The fourth-order valence-corrected chi connectivity index (χ4v) is 4.47. The second kappa shape index (κ2) is 7.81.